The lowest BCUT2D eigenvalue weighted by molar-refractivity contribution is -0.122. The van der Waals surface area contributed by atoms with E-state index in [0.29, 0.717) is 18.3 Å². The molecular formula is C11H21NO2. The van der Waals surface area contributed by atoms with Gasteiger partial charge in [-0.05, 0) is 31.1 Å². The fraction of sp³-hybridized carbons (Fsp3) is 0.909. The van der Waals surface area contributed by atoms with Gasteiger partial charge in [0, 0.05) is 19.6 Å². The van der Waals surface area contributed by atoms with Gasteiger partial charge in [0.25, 0.3) is 0 Å². The summed E-state index contributed by atoms with van der Waals surface area (Å²) in [5.74, 6) is 0.0822. The molecule has 0 spiro atoms. The van der Waals surface area contributed by atoms with Gasteiger partial charge in [-0.3, -0.25) is 4.79 Å². The summed E-state index contributed by atoms with van der Waals surface area (Å²) in [5.41, 5.74) is 0.398. The van der Waals surface area contributed by atoms with Gasteiger partial charge >= 0.3 is 0 Å². The van der Waals surface area contributed by atoms with Gasteiger partial charge in [-0.25, -0.2) is 0 Å². The van der Waals surface area contributed by atoms with Crippen molar-refractivity contribution in [1.82, 2.24) is 5.32 Å². The summed E-state index contributed by atoms with van der Waals surface area (Å²) in [6.45, 7) is 3.12. The Morgan fingerprint density at radius 3 is 2.64 bits per heavy atom. The maximum absolute atomic E-state index is 11.3. The van der Waals surface area contributed by atoms with Crippen LogP contribution in [0.1, 0.15) is 45.4 Å². The first-order chi connectivity index (χ1) is 6.72. The van der Waals surface area contributed by atoms with E-state index in [0.717, 1.165) is 13.0 Å². The minimum Gasteiger partial charge on any atom is -0.396 e. The zero-order valence-corrected chi connectivity index (χ0v) is 9.01. The molecule has 0 unspecified atom stereocenters. The number of nitrogens with one attached hydrogen (secondary N) is 1. The van der Waals surface area contributed by atoms with Gasteiger partial charge in [0.05, 0.1) is 0 Å². The van der Waals surface area contributed by atoms with Crippen LogP contribution in [-0.4, -0.2) is 24.2 Å². The molecule has 82 valence electrons. The summed E-state index contributed by atoms with van der Waals surface area (Å²) in [6.07, 6.45) is 6.00. The van der Waals surface area contributed by atoms with Crippen LogP contribution < -0.4 is 5.32 Å². The van der Waals surface area contributed by atoms with Crippen LogP contribution in [0.4, 0.5) is 0 Å². The average molecular weight is 199 g/mol. The van der Waals surface area contributed by atoms with E-state index in [1.165, 1.54) is 19.3 Å². The van der Waals surface area contributed by atoms with Crippen LogP contribution in [0.5, 0.6) is 0 Å². The van der Waals surface area contributed by atoms with E-state index in [-0.39, 0.29) is 12.5 Å². The molecule has 3 heteroatoms. The third kappa shape index (κ3) is 2.98. The molecule has 1 aliphatic rings. The van der Waals surface area contributed by atoms with Crippen LogP contribution in [0.3, 0.4) is 0 Å². The van der Waals surface area contributed by atoms with Crippen molar-refractivity contribution in [3.63, 3.8) is 0 Å². The molecule has 1 rings (SSSR count). The number of carbonyl (C=O) groups excluding carboxylic acids is 1. The van der Waals surface area contributed by atoms with Gasteiger partial charge in [0.2, 0.25) is 5.91 Å². The molecule has 0 heterocycles. The predicted octanol–water partition coefficient (Wildman–Crippen LogP) is 1.46. The Hall–Kier alpha value is -0.570. The summed E-state index contributed by atoms with van der Waals surface area (Å²) in [6, 6.07) is 0. The number of aliphatic hydroxyl groups excluding tert-OH is 1. The van der Waals surface area contributed by atoms with E-state index in [1.807, 2.05) is 0 Å². The van der Waals surface area contributed by atoms with Crippen molar-refractivity contribution in [2.24, 2.45) is 5.41 Å². The molecule has 3 nitrogen and oxygen atoms in total. The molecule has 1 saturated carbocycles. The summed E-state index contributed by atoms with van der Waals surface area (Å²) in [7, 11) is 0. The quantitative estimate of drug-likeness (QED) is 0.680. The third-order valence-electron chi connectivity index (χ3n) is 3.39. The Bertz CT molecular complexity index is 182. The Morgan fingerprint density at radius 2 is 2.21 bits per heavy atom. The summed E-state index contributed by atoms with van der Waals surface area (Å²) >= 11 is 0. The lowest BCUT2D eigenvalue weighted by Gasteiger charge is -2.41. The Labute approximate surface area is 85.9 Å². The van der Waals surface area contributed by atoms with Crippen LogP contribution in [0, 0.1) is 5.41 Å². The monoisotopic (exact) mass is 199 g/mol. The van der Waals surface area contributed by atoms with Crippen molar-refractivity contribution in [2.75, 3.05) is 13.2 Å². The molecule has 0 aromatic carbocycles. The molecule has 1 fully saturated rings. The molecule has 0 atom stereocenters. The smallest absolute Gasteiger partial charge is 0.220 e. The number of carbonyl (C=O) groups is 1. The summed E-state index contributed by atoms with van der Waals surface area (Å²) in [4.78, 5) is 11.3. The zero-order valence-electron chi connectivity index (χ0n) is 9.01. The van der Waals surface area contributed by atoms with E-state index in [4.69, 9.17) is 5.11 Å². The fourth-order valence-corrected chi connectivity index (χ4v) is 1.95. The van der Waals surface area contributed by atoms with E-state index in [9.17, 15) is 4.79 Å². The van der Waals surface area contributed by atoms with E-state index < -0.39 is 0 Å². The number of hydrogen-bond acceptors (Lipinski definition) is 2. The highest BCUT2D eigenvalue weighted by molar-refractivity contribution is 5.75. The average Bonchev–Trinajstić information content (AvgIpc) is 2.14. The second-order valence-corrected chi connectivity index (χ2v) is 4.31. The fourth-order valence-electron chi connectivity index (χ4n) is 1.95. The molecule has 1 aliphatic carbocycles. The first-order valence-corrected chi connectivity index (χ1v) is 5.60. The van der Waals surface area contributed by atoms with Crippen molar-refractivity contribution in [2.45, 2.75) is 45.4 Å². The first kappa shape index (κ1) is 11.5. The van der Waals surface area contributed by atoms with Crippen LogP contribution in [0.2, 0.25) is 0 Å². The predicted molar refractivity (Wildman–Crippen MR) is 55.9 cm³/mol. The zero-order chi connectivity index (χ0) is 10.4. The van der Waals surface area contributed by atoms with Crippen molar-refractivity contribution >= 4 is 5.91 Å². The third-order valence-corrected chi connectivity index (χ3v) is 3.39. The van der Waals surface area contributed by atoms with Crippen LogP contribution in [0.25, 0.3) is 0 Å². The highest BCUT2D eigenvalue weighted by atomic mass is 16.3. The van der Waals surface area contributed by atoms with Crippen molar-refractivity contribution in [3.8, 4) is 0 Å². The van der Waals surface area contributed by atoms with Crippen molar-refractivity contribution in [3.05, 3.63) is 0 Å². The van der Waals surface area contributed by atoms with Gasteiger partial charge in [-0.15, -0.1) is 0 Å². The Kier molecular flexibility index (Phi) is 4.39. The van der Waals surface area contributed by atoms with Gasteiger partial charge in [0.15, 0.2) is 0 Å². The van der Waals surface area contributed by atoms with Crippen LogP contribution in [0.15, 0.2) is 0 Å². The first-order valence-electron chi connectivity index (χ1n) is 5.60. The van der Waals surface area contributed by atoms with Gasteiger partial charge in [0.1, 0.15) is 0 Å². The summed E-state index contributed by atoms with van der Waals surface area (Å²) < 4.78 is 0. The van der Waals surface area contributed by atoms with Gasteiger partial charge < -0.3 is 10.4 Å². The van der Waals surface area contributed by atoms with Crippen molar-refractivity contribution in [1.29, 1.82) is 0 Å². The number of amides is 1. The minimum atomic E-state index is 0.0822. The molecule has 14 heavy (non-hydrogen) atoms. The molecule has 0 saturated heterocycles. The topological polar surface area (TPSA) is 49.3 Å². The van der Waals surface area contributed by atoms with E-state index in [1.54, 1.807) is 0 Å². The standard InChI is InChI=1S/C11H21NO2/c1-2-11(6-4-7-11)9-12-10(14)5-3-8-13/h13H,2-9H2,1H3,(H,12,14). The largest absolute Gasteiger partial charge is 0.396 e. The molecule has 2 N–H and O–H groups in total. The van der Waals surface area contributed by atoms with Gasteiger partial charge in [-0.1, -0.05) is 13.3 Å². The molecule has 1 amide bonds. The lowest BCUT2D eigenvalue weighted by Crippen LogP contribution is -2.41. The van der Waals surface area contributed by atoms with Crippen LogP contribution >= 0.6 is 0 Å². The normalized spacial score (nSPS) is 18.7. The molecule has 0 aliphatic heterocycles. The molecular weight excluding hydrogens is 178 g/mol. The Morgan fingerprint density at radius 1 is 1.50 bits per heavy atom. The number of hydrogen-bond donors (Lipinski definition) is 2. The maximum atomic E-state index is 11.3. The van der Waals surface area contributed by atoms with E-state index >= 15 is 0 Å². The second-order valence-electron chi connectivity index (χ2n) is 4.31. The van der Waals surface area contributed by atoms with Crippen LogP contribution in [-0.2, 0) is 4.79 Å². The highest BCUT2D eigenvalue weighted by Crippen LogP contribution is 2.42. The molecule has 0 bridgehead atoms. The van der Waals surface area contributed by atoms with Gasteiger partial charge in [-0.2, -0.15) is 0 Å². The lowest BCUT2D eigenvalue weighted by atomic mass is 9.67. The SMILES string of the molecule is CCC1(CNC(=O)CCCO)CCC1. The molecule has 0 radical (unpaired) electrons. The maximum Gasteiger partial charge on any atom is 0.220 e. The number of rotatable bonds is 6. The minimum absolute atomic E-state index is 0.0822. The molecule has 0 aromatic heterocycles. The van der Waals surface area contributed by atoms with Crippen molar-refractivity contribution < 1.29 is 9.90 Å². The second kappa shape index (κ2) is 5.35. The number of aliphatic hydroxyl groups is 1. The van der Waals surface area contributed by atoms with E-state index in [2.05, 4.69) is 12.2 Å². The highest BCUT2D eigenvalue weighted by Gasteiger charge is 2.34. The Balaban J connectivity index is 2.15. The molecule has 0 aromatic rings. The summed E-state index contributed by atoms with van der Waals surface area (Å²) in [5, 5.41) is 11.5.